The van der Waals surface area contributed by atoms with Crippen LogP contribution < -0.4 is 5.32 Å². The van der Waals surface area contributed by atoms with Gasteiger partial charge in [-0.2, -0.15) is 5.10 Å². The van der Waals surface area contributed by atoms with Crippen molar-refractivity contribution in [2.75, 3.05) is 0 Å². The zero-order valence-corrected chi connectivity index (χ0v) is 9.29. The highest BCUT2D eigenvalue weighted by molar-refractivity contribution is 5.79. The van der Waals surface area contributed by atoms with E-state index in [0.717, 1.165) is 24.1 Å². The van der Waals surface area contributed by atoms with Crippen LogP contribution in [0.3, 0.4) is 0 Å². The molecule has 1 saturated carbocycles. The highest BCUT2D eigenvalue weighted by Crippen LogP contribution is 2.26. The minimum Gasteiger partial charge on any atom is -0.352 e. The van der Waals surface area contributed by atoms with Crippen molar-refractivity contribution in [3.63, 3.8) is 0 Å². The third-order valence-electron chi connectivity index (χ3n) is 3.04. The van der Waals surface area contributed by atoms with E-state index < -0.39 is 0 Å². The van der Waals surface area contributed by atoms with Gasteiger partial charge in [0.1, 0.15) is 0 Å². The van der Waals surface area contributed by atoms with Crippen molar-refractivity contribution in [2.24, 2.45) is 13.0 Å². The number of carbonyl (C=O) groups excluding carboxylic acids is 1. The summed E-state index contributed by atoms with van der Waals surface area (Å²) in [5.74, 6) is 0.464. The van der Waals surface area contributed by atoms with Crippen molar-refractivity contribution >= 4 is 5.91 Å². The zero-order chi connectivity index (χ0) is 10.8. The summed E-state index contributed by atoms with van der Waals surface area (Å²) in [6.07, 6.45) is 5.26. The lowest BCUT2D eigenvalue weighted by atomic mass is 9.85. The van der Waals surface area contributed by atoms with Gasteiger partial charge in [-0.25, -0.2) is 0 Å². The zero-order valence-electron chi connectivity index (χ0n) is 9.29. The first-order valence-corrected chi connectivity index (χ1v) is 5.43. The van der Waals surface area contributed by atoms with E-state index in [-0.39, 0.29) is 11.8 Å². The number of nitrogens with zero attached hydrogens (tertiary/aromatic N) is 2. The highest BCUT2D eigenvalue weighted by atomic mass is 16.1. The van der Waals surface area contributed by atoms with Gasteiger partial charge in [-0.15, -0.1) is 0 Å². The SMILES string of the molecule is Cc1nn(C)cc1CNC(=O)C1CCC1. The maximum absolute atomic E-state index is 11.6. The summed E-state index contributed by atoms with van der Waals surface area (Å²) in [5.41, 5.74) is 2.09. The smallest absolute Gasteiger partial charge is 0.223 e. The second-order valence-corrected chi connectivity index (χ2v) is 4.26. The molecule has 1 fully saturated rings. The number of nitrogens with one attached hydrogen (secondary N) is 1. The van der Waals surface area contributed by atoms with Gasteiger partial charge in [0.2, 0.25) is 5.91 Å². The second kappa shape index (κ2) is 4.04. The second-order valence-electron chi connectivity index (χ2n) is 4.26. The Morgan fingerprint density at radius 1 is 1.67 bits per heavy atom. The summed E-state index contributed by atoms with van der Waals surface area (Å²) < 4.78 is 1.78. The number of rotatable bonds is 3. The Morgan fingerprint density at radius 2 is 2.40 bits per heavy atom. The number of carbonyl (C=O) groups is 1. The van der Waals surface area contributed by atoms with Crippen molar-refractivity contribution in [1.82, 2.24) is 15.1 Å². The molecule has 0 spiro atoms. The summed E-state index contributed by atoms with van der Waals surface area (Å²) in [7, 11) is 1.89. The molecule has 0 radical (unpaired) electrons. The third kappa shape index (κ3) is 2.19. The predicted molar refractivity (Wildman–Crippen MR) is 57.1 cm³/mol. The Hall–Kier alpha value is -1.32. The molecule has 0 saturated heterocycles. The van der Waals surface area contributed by atoms with Crippen molar-refractivity contribution in [3.8, 4) is 0 Å². The Bertz CT molecular complexity index is 366. The summed E-state index contributed by atoms with van der Waals surface area (Å²) in [6.45, 7) is 2.57. The number of aromatic nitrogens is 2. The molecule has 0 unspecified atom stereocenters. The monoisotopic (exact) mass is 207 g/mol. The molecule has 1 aliphatic rings. The maximum Gasteiger partial charge on any atom is 0.223 e. The van der Waals surface area contributed by atoms with E-state index in [1.165, 1.54) is 6.42 Å². The highest BCUT2D eigenvalue weighted by Gasteiger charge is 2.24. The minimum absolute atomic E-state index is 0.199. The van der Waals surface area contributed by atoms with Gasteiger partial charge in [-0.05, 0) is 19.8 Å². The standard InChI is InChI=1S/C11H17N3O/c1-8-10(7-14(2)13-8)6-12-11(15)9-4-3-5-9/h7,9H,3-6H2,1-2H3,(H,12,15). The van der Waals surface area contributed by atoms with Gasteiger partial charge < -0.3 is 5.32 Å². The van der Waals surface area contributed by atoms with Gasteiger partial charge in [0.15, 0.2) is 0 Å². The lowest BCUT2D eigenvalue weighted by Crippen LogP contribution is -2.34. The largest absolute Gasteiger partial charge is 0.352 e. The Labute approximate surface area is 89.7 Å². The average molecular weight is 207 g/mol. The number of hydrogen-bond donors (Lipinski definition) is 1. The number of hydrogen-bond acceptors (Lipinski definition) is 2. The molecule has 2 rings (SSSR count). The fraction of sp³-hybridized carbons (Fsp3) is 0.636. The fourth-order valence-electron chi connectivity index (χ4n) is 1.82. The molecule has 1 amide bonds. The van der Waals surface area contributed by atoms with Crippen LogP contribution in [-0.2, 0) is 18.4 Å². The molecule has 1 heterocycles. The van der Waals surface area contributed by atoms with Crippen molar-refractivity contribution in [2.45, 2.75) is 32.7 Å². The lowest BCUT2D eigenvalue weighted by molar-refractivity contribution is -0.127. The summed E-state index contributed by atoms with van der Waals surface area (Å²) in [6, 6.07) is 0. The first-order chi connectivity index (χ1) is 7.16. The van der Waals surface area contributed by atoms with Crippen LogP contribution in [0.2, 0.25) is 0 Å². The molecule has 4 heteroatoms. The van der Waals surface area contributed by atoms with E-state index in [1.54, 1.807) is 4.68 Å². The van der Waals surface area contributed by atoms with Gasteiger partial charge in [-0.3, -0.25) is 9.48 Å². The van der Waals surface area contributed by atoms with Crippen LogP contribution in [0.5, 0.6) is 0 Å². The summed E-state index contributed by atoms with van der Waals surface area (Å²) in [4.78, 5) is 11.6. The number of amides is 1. The molecule has 0 aromatic carbocycles. The van der Waals surface area contributed by atoms with Crippen LogP contribution in [0.25, 0.3) is 0 Å². The lowest BCUT2D eigenvalue weighted by Gasteiger charge is -2.23. The summed E-state index contributed by atoms with van der Waals surface area (Å²) >= 11 is 0. The van der Waals surface area contributed by atoms with Crippen molar-refractivity contribution < 1.29 is 4.79 Å². The number of aryl methyl sites for hydroxylation is 2. The van der Waals surface area contributed by atoms with E-state index in [4.69, 9.17) is 0 Å². The normalized spacial score (nSPS) is 16.1. The quantitative estimate of drug-likeness (QED) is 0.808. The molecular weight excluding hydrogens is 190 g/mol. The van der Waals surface area contributed by atoms with E-state index in [0.29, 0.717) is 6.54 Å². The van der Waals surface area contributed by atoms with Crippen LogP contribution >= 0.6 is 0 Å². The fourth-order valence-corrected chi connectivity index (χ4v) is 1.82. The van der Waals surface area contributed by atoms with Crippen LogP contribution in [0.4, 0.5) is 0 Å². The average Bonchev–Trinajstić information content (AvgIpc) is 2.38. The Balaban J connectivity index is 1.87. The van der Waals surface area contributed by atoms with Crippen molar-refractivity contribution in [3.05, 3.63) is 17.5 Å². The molecule has 0 aliphatic heterocycles. The summed E-state index contributed by atoms with van der Waals surface area (Å²) in [5, 5.41) is 7.20. The topological polar surface area (TPSA) is 46.9 Å². The van der Waals surface area contributed by atoms with Gasteiger partial charge in [0, 0.05) is 31.3 Å². The van der Waals surface area contributed by atoms with Gasteiger partial charge >= 0.3 is 0 Å². The van der Waals surface area contributed by atoms with Crippen LogP contribution in [0.15, 0.2) is 6.20 Å². The van der Waals surface area contributed by atoms with Gasteiger partial charge in [0.25, 0.3) is 0 Å². The molecule has 0 atom stereocenters. The first-order valence-electron chi connectivity index (χ1n) is 5.43. The van der Waals surface area contributed by atoms with E-state index in [2.05, 4.69) is 10.4 Å². The molecule has 15 heavy (non-hydrogen) atoms. The van der Waals surface area contributed by atoms with Crippen molar-refractivity contribution in [1.29, 1.82) is 0 Å². The Morgan fingerprint density at radius 3 is 2.87 bits per heavy atom. The third-order valence-corrected chi connectivity index (χ3v) is 3.04. The van der Waals surface area contributed by atoms with Gasteiger partial charge in [-0.1, -0.05) is 6.42 Å². The first kappa shape index (κ1) is 10.2. The molecular formula is C11H17N3O. The molecule has 1 aromatic heterocycles. The molecule has 1 aromatic rings. The molecule has 82 valence electrons. The Kier molecular flexibility index (Phi) is 2.75. The molecule has 4 nitrogen and oxygen atoms in total. The molecule has 1 N–H and O–H groups in total. The molecule has 1 aliphatic carbocycles. The van der Waals surface area contributed by atoms with E-state index >= 15 is 0 Å². The molecule has 0 bridgehead atoms. The predicted octanol–water partition coefficient (Wildman–Crippen LogP) is 1.14. The minimum atomic E-state index is 0.199. The van der Waals surface area contributed by atoms with Crippen LogP contribution in [-0.4, -0.2) is 15.7 Å². The van der Waals surface area contributed by atoms with E-state index in [9.17, 15) is 4.79 Å². The van der Waals surface area contributed by atoms with E-state index in [1.807, 2.05) is 20.2 Å². The van der Waals surface area contributed by atoms with Crippen LogP contribution in [0.1, 0.15) is 30.5 Å². The van der Waals surface area contributed by atoms with Crippen LogP contribution in [0, 0.1) is 12.8 Å². The maximum atomic E-state index is 11.6. The van der Waals surface area contributed by atoms with Gasteiger partial charge in [0.05, 0.1) is 5.69 Å².